The molecular formula is C31H53F3. The average Bonchev–Trinajstić information content (AvgIpc) is 2.86. The first-order chi connectivity index (χ1) is 16.5. The lowest BCUT2D eigenvalue weighted by Gasteiger charge is -2.44. The van der Waals surface area contributed by atoms with Gasteiger partial charge in [-0.25, -0.2) is 13.2 Å². The molecule has 0 heterocycles. The first kappa shape index (κ1) is 26.8. The fourth-order valence-electron chi connectivity index (χ4n) is 8.79. The summed E-state index contributed by atoms with van der Waals surface area (Å²) in [5.41, 5.74) is 0. The molecule has 4 fully saturated rings. The molecule has 0 spiro atoms. The van der Waals surface area contributed by atoms with E-state index in [-0.39, 0.29) is 11.8 Å². The highest BCUT2D eigenvalue weighted by molar-refractivity contribution is 4.95. The van der Waals surface area contributed by atoms with E-state index in [2.05, 4.69) is 13.8 Å². The van der Waals surface area contributed by atoms with Crippen molar-refractivity contribution in [1.29, 1.82) is 0 Å². The van der Waals surface area contributed by atoms with Crippen LogP contribution in [0.15, 0.2) is 0 Å². The normalized spacial score (nSPS) is 46.3. The second kappa shape index (κ2) is 12.8. The van der Waals surface area contributed by atoms with Crippen LogP contribution in [0, 0.1) is 47.3 Å². The zero-order valence-corrected chi connectivity index (χ0v) is 22.2. The molecule has 4 saturated carbocycles. The van der Waals surface area contributed by atoms with Crippen molar-refractivity contribution in [3.05, 3.63) is 0 Å². The second-order valence-electron chi connectivity index (χ2n) is 13.1. The molecule has 4 rings (SSSR count). The number of hydrogen-bond acceptors (Lipinski definition) is 0. The summed E-state index contributed by atoms with van der Waals surface area (Å²) in [5.74, 6) is 3.18. The third kappa shape index (κ3) is 6.56. The van der Waals surface area contributed by atoms with E-state index in [0.717, 1.165) is 76.0 Å². The van der Waals surface area contributed by atoms with Gasteiger partial charge in [-0.15, -0.1) is 0 Å². The topological polar surface area (TPSA) is 0 Å². The van der Waals surface area contributed by atoms with Gasteiger partial charge in [-0.2, -0.15) is 0 Å². The third-order valence-electron chi connectivity index (χ3n) is 11.2. The predicted octanol–water partition coefficient (Wildman–Crippen LogP) is 10.0. The van der Waals surface area contributed by atoms with E-state index in [0.29, 0.717) is 23.7 Å². The summed E-state index contributed by atoms with van der Waals surface area (Å²) >= 11 is 0. The van der Waals surface area contributed by atoms with Gasteiger partial charge in [0.1, 0.15) is 18.5 Å². The smallest absolute Gasteiger partial charge is 0.134 e. The van der Waals surface area contributed by atoms with Gasteiger partial charge in [0, 0.05) is 0 Å². The molecule has 0 aromatic carbocycles. The summed E-state index contributed by atoms with van der Waals surface area (Å²) < 4.78 is 45.2. The van der Waals surface area contributed by atoms with Crippen molar-refractivity contribution in [2.45, 2.75) is 148 Å². The van der Waals surface area contributed by atoms with Crippen molar-refractivity contribution in [2.75, 3.05) is 0 Å². The molecule has 0 bridgehead atoms. The van der Waals surface area contributed by atoms with Crippen LogP contribution in [-0.2, 0) is 0 Å². The van der Waals surface area contributed by atoms with Crippen molar-refractivity contribution >= 4 is 0 Å². The van der Waals surface area contributed by atoms with Crippen LogP contribution in [0.1, 0.15) is 129 Å². The Morgan fingerprint density at radius 2 is 1.03 bits per heavy atom. The number of halogens is 3. The van der Waals surface area contributed by atoms with Crippen molar-refractivity contribution < 1.29 is 13.2 Å². The Labute approximate surface area is 208 Å². The lowest BCUT2D eigenvalue weighted by Crippen LogP contribution is -2.45. The third-order valence-corrected chi connectivity index (χ3v) is 11.2. The Kier molecular flexibility index (Phi) is 10.1. The van der Waals surface area contributed by atoms with E-state index in [4.69, 9.17) is 0 Å². The van der Waals surface area contributed by atoms with Gasteiger partial charge in [0.25, 0.3) is 0 Å². The number of hydrogen-bond donors (Lipinski definition) is 0. The maximum atomic E-state index is 15.4. The maximum Gasteiger partial charge on any atom is 0.134 e. The minimum Gasteiger partial charge on any atom is -0.247 e. The van der Waals surface area contributed by atoms with Crippen LogP contribution in [-0.4, -0.2) is 18.5 Å². The van der Waals surface area contributed by atoms with Crippen molar-refractivity contribution in [3.8, 4) is 0 Å². The lowest BCUT2D eigenvalue weighted by atomic mass is 9.63. The molecule has 0 aromatic rings. The Bertz CT molecular complexity index is 577. The summed E-state index contributed by atoms with van der Waals surface area (Å²) in [7, 11) is 0. The van der Waals surface area contributed by atoms with Gasteiger partial charge in [-0.3, -0.25) is 0 Å². The van der Waals surface area contributed by atoms with Gasteiger partial charge >= 0.3 is 0 Å². The Hall–Kier alpha value is -0.210. The van der Waals surface area contributed by atoms with Crippen LogP contribution in [0.4, 0.5) is 13.2 Å². The van der Waals surface area contributed by atoms with Gasteiger partial charge in [0.15, 0.2) is 0 Å². The molecular weight excluding hydrogens is 429 g/mol. The molecule has 3 heteroatoms. The van der Waals surface area contributed by atoms with Gasteiger partial charge in [0.2, 0.25) is 0 Å². The highest BCUT2D eigenvalue weighted by Gasteiger charge is 2.46. The maximum absolute atomic E-state index is 15.4. The molecule has 0 saturated heterocycles. The quantitative estimate of drug-likeness (QED) is 0.323. The first-order valence-corrected chi connectivity index (χ1v) is 15.4. The lowest BCUT2D eigenvalue weighted by molar-refractivity contribution is -0.0371. The van der Waals surface area contributed by atoms with Crippen LogP contribution in [0.5, 0.6) is 0 Å². The molecule has 198 valence electrons. The van der Waals surface area contributed by atoms with E-state index in [1.165, 1.54) is 51.4 Å². The Balaban J connectivity index is 1.17. The number of rotatable bonds is 8. The summed E-state index contributed by atoms with van der Waals surface area (Å²) in [6.07, 6.45) is 16.9. The van der Waals surface area contributed by atoms with E-state index in [9.17, 15) is 4.39 Å². The average molecular weight is 483 g/mol. The largest absolute Gasteiger partial charge is 0.247 e. The zero-order valence-electron chi connectivity index (χ0n) is 22.2. The molecule has 4 aliphatic carbocycles. The Morgan fingerprint density at radius 3 is 1.53 bits per heavy atom. The van der Waals surface area contributed by atoms with E-state index in [1.54, 1.807) is 0 Å². The van der Waals surface area contributed by atoms with Crippen LogP contribution < -0.4 is 0 Å². The van der Waals surface area contributed by atoms with Crippen LogP contribution in [0.2, 0.25) is 0 Å². The van der Waals surface area contributed by atoms with E-state index >= 15 is 8.78 Å². The van der Waals surface area contributed by atoms with Crippen molar-refractivity contribution in [2.24, 2.45) is 47.3 Å². The summed E-state index contributed by atoms with van der Waals surface area (Å²) in [4.78, 5) is 0. The zero-order chi connectivity index (χ0) is 24.1. The minimum atomic E-state index is -1.23. The fourth-order valence-corrected chi connectivity index (χ4v) is 8.79. The van der Waals surface area contributed by atoms with E-state index in [1.807, 2.05) is 0 Å². The highest BCUT2D eigenvalue weighted by atomic mass is 19.2. The molecule has 7 atom stereocenters. The molecule has 0 amide bonds. The molecule has 4 aliphatic rings. The summed E-state index contributed by atoms with van der Waals surface area (Å²) in [6.45, 7) is 4.43. The van der Waals surface area contributed by atoms with Crippen LogP contribution in [0.25, 0.3) is 0 Å². The highest BCUT2D eigenvalue weighted by Crippen LogP contribution is 2.49. The van der Waals surface area contributed by atoms with Gasteiger partial charge in [0.05, 0.1) is 0 Å². The number of alkyl halides is 3. The van der Waals surface area contributed by atoms with E-state index < -0.39 is 18.5 Å². The summed E-state index contributed by atoms with van der Waals surface area (Å²) in [6, 6.07) is 0. The fraction of sp³-hybridized carbons (Fsp3) is 1.00. The van der Waals surface area contributed by atoms with Crippen molar-refractivity contribution in [3.63, 3.8) is 0 Å². The molecule has 0 aliphatic heterocycles. The molecule has 34 heavy (non-hydrogen) atoms. The minimum absolute atomic E-state index is 0.0212. The van der Waals surface area contributed by atoms with Crippen LogP contribution >= 0.6 is 0 Å². The predicted molar refractivity (Wildman–Crippen MR) is 137 cm³/mol. The molecule has 7 unspecified atom stereocenters. The molecule has 0 aromatic heterocycles. The SMILES string of the molecule is CCCC1CCC(CCC2CCC(C3CCC(C4CCC(CC)CC4)C(F)C3F)CC2)CC1F. The molecule has 0 nitrogen and oxygen atoms in total. The van der Waals surface area contributed by atoms with Gasteiger partial charge < -0.3 is 0 Å². The molecule has 0 radical (unpaired) electrons. The Morgan fingerprint density at radius 1 is 0.529 bits per heavy atom. The standard InChI is InChI=1S/C31H53F3/c1-3-5-26-17-12-23(20-29(26)32)7-6-22-10-15-25(16-11-22)28-19-18-27(30(33)31(28)34)24-13-8-21(4-2)9-14-24/h21-31H,3-20H2,1-2H3. The summed E-state index contributed by atoms with van der Waals surface area (Å²) in [5, 5.41) is 0. The van der Waals surface area contributed by atoms with Crippen molar-refractivity contribution in [1.82, 2.24) is 0 Å². The second-order valence-corrected chi connectivity index (χ2v) is 13.1. The van der Waals surface area contributed by atoms with Gasteiger partial charge in [-0.05, 0) is 112 Å². The monoisotopic (exact) mass is 482 g/mol. The van der Waals surface area contributed by atoms with Crippen LogP contribution in [0.3, 0.4) is 0 Å². The molecule has 0 N–H and O–H groups in total. The first-order valence-electron chi connectivity index (χ1n) is 15.4. The van der Waals surface area contributed by atoms with Gasteiger partial charge in [-0.1, -0.05) is 65.2 Å².